The van der Waals surface area contributed by atoms with Gasteiger partial charge in [-0.15, -0.1) is 0 Å². The minimum atomic E-state index is 0.220. The normalized spacial score (nSPS) is 18.6. The van der Waals surface area contributed by atoms with Crippen LogP contribution in [-0.2, 0) is 17.8 Å². The molecule has 0 saturated carbocycles. The first-order valence-corrected chi connectivity index (χ1v) is 10.2. The number of H-pyrrole nitrogens is 1. The summed E-state index contributed by atoms with van der Waals surface area (Å²) in [6.07, 6.45) is 4.47. The zero-order chi connectivity index (χ0) is 19.6. The molecule has 0 spiro atoms. The number of benzene rings is 2. The van der Waals surface area contributed by atoms with Gasteiger partial charge in [-0.1, -0.05) is 24.3 Å². The van der Waals surface area contributed by atoms with Crippen molar-refractivity contribution in [2.24, 2.45) is 0 Å². The molecular formula is C23H25N3O3. The van der Waals surface area contributed by atoms with Crippen molar-refractivity contribution in [3.63, 3.8) is 0 Å². The van der Waals surface area contributed by atoms with Crippen molar-refractivity contribution in [1.82, 2.24) is 15.2 Å². The van der Waals surface area contributed by atoms with E-state index in [9.17, 15) is 4.79 Å². The molecule has 0 radical (unpaired) electrons. The molecule has 1 amide bonds. The van der Waals surface area contributed by atoms with Crippen molar-refractivity contribution in [1.29, 1.82) is 0 Å². The van der Waals surface area contributed by atoms with Crippen LogP contribution in [0, 0.1) is 0 Å². The molecule has 3 aromatic rings. The predicted molar refractivity (Wildman–Crippen MR) is 111 cm³/mol. The summed E-state index contributed by atoms with van der Waals surface area (Å²) in [5.74, 6) is 1.83. The molecule has 2 aromatic carbocycles. The average molecular weight is 391 g/mol. The third-order valence-corrected chi connectivity index (χ3v) is 5.88. The highest BCUT2D eigenvalue weighted by molar-refractivity contribution is 5.83. The number of fused-ring (bicyclic) bond motifs is 2. The van der Waals surface area contributed by atoms with Crippen LogP contribution >= 0.6 is 0 Å². The Kier molecular flexibility index (Phi) is 4.86. The molecule has 1 unspecified atom stereocenters. The monoisotopic (exact) mass is 391 g/mol. The molecule has 29 heavy (non-hydrogen) atoms. The molecule has 2 aliphatic heterocycles. The van der Waals surface area contributed by atoms with E-state index in [1.54, 1.807) is 0 Å². The molecule has 1 atom stereocenters. The third kappa shape index (κ3) is 3.80. The number of piperidine rings is 1. The molecule has 1 saturated heterocycles. The van der Waals surface area contributed by atoms with Crippen LogP contribution in [0.4, 0.5) is 0 Å². The third-order valence-electron chi connectivity index (χ3n) is 5.88. The number of nitrogens with one attached hydrogen (secondary N) is 2. The van der Waals surface area contributed by atoms with E-state index < -0.39 is 0 Å². The molecule has 5 rings (SSSR count). The first kappa shape index (κ1) is 18.1. The summed E-state index contributed by atoms with van der Waals surface area (Å²) < 4.78 is 10.8. The number of carbonyl (C=O) groups is 1. The van der Waals surface area contributed by atoms with Gasteiger partial charge in [0.05, 0.1) is 0 Å². The van der Waals surface area contributed by atoms with E-state index in [4.69, 9.17) is 9.47 Å². The summed E-state index contributed by atoms with van der Waals surface area (Å²) in [4.78, 5) is 17.9. The maximum Gasteiger partial charge on any atom is 0.231 e. The summed E-state index contributed by atoms with van der Waals surface area (Å²) in [6, 6.07) is 14.5. The number of amides is 1. The van der Waals surface area contributed by atoms with Gasteiger partial charge >= 0.3 is 0 Å². The lowest BCUT2D eigenvalue weighted by Crippen LogP contribution is -2.46. The fourth-order valence-corrected chi connectivity index (χ4v) is 4.20. The molecule has 150 valence electrons. The van der Waals surface area contributed by atoms with E-state index in [0.717, 1.165) is 55.1 Å². The number of hydrogen-bond donors (Lipinski definition) is 2. The smallest absolute Gasteiger partial charge is 0.231 e. The predicted octanol–water partition coefficient (Wildman–Crippen LogP) is 3.22. The molecule has 2 aliphatic rings. The number of para-hydroxylation sites is 1. The topological polar surface area (TPSA) is 66.6 Å². The highest BCUT2D eigenvalue weighted by Crippen LogP contribution is 2.32. The Morgan fingerprint density at radius 2 is 2.03 bits per heavy atom. The molecule has 2 N–H and O–H groups in total. The summed E-state index contributed by atoms with van der Waals surface area (Å²) in [5.41, 5.74) is 3.57. The van der Waals surface area contributed by atoms with Crippen molar-refractivity contribution >= 4 is 16.8 Å². The molecule has 1 aromatic heterocycles. The highest BCUT2D eigenvalue weighted by Gasteiger charge is 2.25. The first-order chi connectivity index (χ1) is 14.3. The number of aromatic nitrogens is 1. The largest absolute Gasteiger partial charge is 0.454 e. The summed E-state index contributed by atoms with van der Waals surface area (Å²) in [5, 5.41) is 4.78. The van der Waals surface area contributed by atoms with Gasteiger partial charge in [-0.25, -0.2) is 0 Å². The maximum absolute atomic E-state index is 12.6. The fourth-order valence-electron chi connectivity index (χ4n) is 4.20. The number of aromatic amines is 1. The summed E-state index contributed by atoms with van der Waals surface area (Å²) in [7, 11) is 0. The number of hydrogen-bond acceptors (Lipinski definition) is 4. The van der Waals surface area contributed by atoms with Gasteiger partial charge in [0.15, 0.2) is 11.5 Å². The van der Waals surface area contributed by atoms with E-state index >= 15 is 0 Å². The van der Waals surface area contributed by atoms with Crippen molar-refractivity contribution in [2.75, 3.05) is 19.9 Å². The zero-order valence-electron chi connectivity index (χ0n) is 16.3. The molecule has 0 aliphatic carbocycles. The second-order valence-corrected chi connectivity index (χ2v) is 7.75. The lowest BCUT2D eigenvalue weighted by atomic mass is 10.0. The number of carbonyl (C=O) groups excluding carboxylic acids is 1. The van der Waals surface area contributed by atoms with Gasteiger partial charge in [-0.2, -0.15) is 0 Å². The van der Waals surface area contributed by atoms with Crippen LogP contribution in [-0.4, -0.2) is 41.7 Å². The Hall–Kier alpha value is -2.99. The minimum Gasteiger partial charge on any atom is -0.454 e. The molecule has 6 nitrogen and oxygen atoms in total. The Bertz CT molecular complexity index is 1030. The quantitative estimate of drug-likeness (QED) is 0.677. The van der Waals surface area contributed by atoms with E-state index in [1.165, 1.54) is 10.9 Å². The second-order valence-electron chi connectivity index (χ2n) is 7.75. The summed E-state index contributed by atoms with van der Waals surface area (Å²) >= 11 is 0. The van der Waals surface area contributed by atoms with Crippen molar-refractivity contribution in [2.45, 2.75) is 31.8 Å². The van der Waals surface area contributed by atoms with Crippen LogP contribution in [0.2, 0.25) is 0 Å². The van der Waals surface area contributed by atoms with Gasteiger partial charge in [-0.05, 0) is 42.2 Å². The standard InChI is InChI=1S/C23H25N3O3/c27-23-12-18(24-13-16-5-6-21-22(11-16)29-15-28-21)8-10-26(23)9-7-17-14-25-20-4-2-1-3-19(17)20/h1-6,11,14,18,24-25H,7-10,12-13,15H2. The Labute approximate surface area is 169 Å². The van der Waals surface area contributed by atoms with Gasteiger partial charge in [0.1, 0.15) is 0 Å². The lowest BCUT2D eigenvalue weighted by molar-refractivity contribution is -0.134. The van der Waals surface area contributed by atoms with Gasteiger partial charge in [0.25, 0.3) is 0 Å². The second kappa shape index (κ2) is 7.79. The van der Waals surface area contributed by atoms with E-state index in [2.05, 4.69) is 34.7 Å². The average Bonchev–Trinajstić information content (AvgIpc) is 3.38. The van der Waals surface area contributed by atoms with Crippen molar-refractivity contribution < 1.29 is 14.3 Å². The Morgan fingerprint density at radius 1 is 1.14 bits per heavy atom. The van der Waals surface area contributed by atoms with Crippen molar-refractivity contribution in [3.05, 3.63) is 59.8 Å². The van der Waals surface area contributed by atoms with Gasteiger partial charge in [-0.3, -0.25) is 4.79 Å². The van der Waals surface area contributed by atoms with Gasteiger partial charge in [0, 0.05) is 49.2 Å². The number of ether oxygens (including phenoxy) is 2. The number of likely N-dealkylation sites (tertiary alicyclic amines) is 1. The molecule has 6 heteroatoms. The van der Waals surface area contributed by atoms with Crippen LogP contribution in [0.1, 0.15) is 24.0 Å². The first-order valence-electron chi connectivity index (χ1n) is 10.2. The minimum absolute atomic E-state index is 0.220. The van der Waals surface area contributed by atoms with Crippen molar-refractivity contribution in [3.8, 4) is 11.5 Å². The fraction of sp³-hybridized carbons (Fsp3) is 0.348. The van der Waals surface area contributed by atoms with Gasteiger partial charge < -0.3 is 24.7 Å². The van der Waals surface area contributed by atoms with Crippen LogP contribution in [0.5, 0.6) is 11.5 Å². The molecule has 3 heterocycles. The van der Waals surface area contributed by atoms with E-state index in [1.807, 2.05) is 29.2 Å². The Balaban J connectivity index is 1.12. The van der Waals surface area contributed by atoms with Crippen LogP contribution in [0.25, 0.3) is 10.9 Å². The Morgan fingerprint density at radius 3 is 2.97 bits per heavy atom. The molecule has 0 bridgehead atoms. The van der Waals surface area contributed by atoms with Crippen LogP contribution < -0.4 is 14.8 Å². The van der Waals surface area contributed by atoms with E-state index in [-0.39, 0.29) is 18.7 Å². The van der Waals surface area contributed by atoms with E-state index in [0.29, 0.717) is 6.42 Å². The zero-order valence-corrected chi connectivity index (χ0v) is 16.3. The van der Waals surface area contributed by atoms with Crippen LogP contribution in [0.15, 0.2) is 48.7 Å². The summed E-state index contributed by atoms with van der Waals surface area (Å²) in [6.45, 7) is 2.59. The lowest BCUT2D eigenvalue weighted by Gasteiger charge is -2.32. The molecular weight excluding hydrogens is 366 g/mol. The van der Waals surface area contributed by atoms with Gasteiger partial charge in [0.2, 0.25) is 12.7 Å². The number of nitrogens with zero attached hydrogens (tertiary/aromatic N) is 1. The maximum atomic E-state index is 12.6. The van der Waals surface area contributed by atoms with Crippen LogP contribution in [0.3, 0.4) is 0 Å². The SMILES string of the molecule is O=C1CC(NCc2ccc3c(c2)OCO3)CCN1CCc1c[nH]c2ccccc12. The highest BCUT2D eigenvalue weighted by atomic mass is 16.7. The number of rotatable bonds is 6. The molecule has 1 fully saturated rings.